The number of carboxylic acids is 1. The van der Waals surface area contributed by atoms with E-state index in [-0.39, 0.29) is 5.69 Å². The monoisotopic (exact) mass is 184 g/mol. The highest BCUT2D eigenvalue weighted by Crippen LogP contribution is 2.09. The predicted octanol–water partition coefficient (Wildman–Crippen LogP) is 1.21. The Balaban J connectivity index is 3.15. The van der Waals surface area contributed by atoms with Crippen LogP contribution in [0.1, 0.15) is 16.2 Å². The molecule has 0 amide bonds. The number of hydrogen-bond acceptors (Lipinski definition) is 4. The molecule has 0 atom stereocenters. The van der Waals surface area contributed by atoms with E-state index >= 15 is 0 Å². The standard InChI is InChI=1S/C7H8N2O2S/c1-4-3-5(6(10)11)9-7(8-4)12-2/h3H,1-2H3,(H,10,11). The minimum absolute atomic E-state index is 0.0480. The van der Waals surface area contributed by atoms with Gasteiger partial charge in [-0.2, -0.15) is 0 Å². The Hall–Kier alpha value is -1.10. The highest BCUT2D eigenvalue weighted by molar-refractivity contribution is 7.98. The summed E-state index contributed by atoms with van der Waals surface area (Å²) in [6.45, 7) is 1.74. The van der Waals surface area contributed by atoms with Gasteiger partial charge in [0.1, 0.15) is 0 Å². The zero-order valence-corrected chi connectivity index (χ0v) is 7.55. The minimum atomic E-state index is -1.02. The second-order valence-electron chi connectivity index (χ2n) is 2.19. The fourth-order valence-corrected chi connectivity index (χ4v) is 1.17. The van der Waals surface area contributed by atoms with Gasteiger partial charge in [0.2, 0.25) is 0 Å². The quantitative estimate of drug-likeness (QED) is 0.552. The van der Waals surface area contributed by atoms with Gasteiger partial charge in [-0.05, 0) is 19.2 Å². The normalized spacial score (nSPS) is 9.83. The van der Waals surface area contributed by atoms with Crippen molar-refractivity contribution < 1.29 is 9.90 Å². The topological polar surface area (TPSA) is 63.1 Å². The lowest BCUT2D eigenvalue weighted by molar-refractivity contribution is 0.0689. The van der Waals surface area contributed by atoms with E-state index in [0.29, 0.717) is 10.9 Å². The molecule has 0 radical (unpaired) electrons. The molecule has 64 valence electrons. The first-order valence-electron chi connectivity index (χ1n) is 3.26. The van der Waals surface area contributed by atoms with Gasteiger partial charge in [-0.15, -0.1) is 0 Å². The van der Waals surface area contributed by atoms with E-state index < -0.39 is 5.97 Å². The molecule has 0 aliphatic carbocycles. The SMILES string of the molecule is CSc1nc(C)cc(C(=O)O)n1. The van der Waals surface area contributed by atoms with Crippen LogP contribution in [0.15, 0.2) is 11.2 Å². The summed E-state index contributed by atoms with van der Waals surface area (Å²) in [5, 5.41) is 9.12. The lowest BCUT2D eigenvalue weighted by atomic mass is 10.3. The van der Waals surface area contributed by atoms with Gasteiger partial charge in [-0.3, -0.25) is 0 Å². The van der Waals surface area contributed by atoms with Crippen LogP contribution in [0.3, 0.4) is 0 Å². The second kappa shape index (κ2) is 3.53. The largest absolute Gasteiger partial charge is 0.477 e. The molecule has 0 aliphatic rings. The number of nitrogens with zero attached hydrogens (tertiary/aromatic N) is 2. The average Bonchev–Trinajstić information content (AvgIpc) is 2.03. The number of thioether (sulfide) groups is 1. The average molecular weight is 184 g/mol. The van der Waals surface area contributed by atoms with Crippen molar-refractivity contribution in [2.75, 3.05) is 6.26 Å². The molecule has 0 saturated carbocycles. The first-order chi connectivity index (χ1) is 5.63. The van der Waals surface area contributed by atoms with Crippen molar-refractivity contribution in [3.05, 3.63) is 17.5 Å². The molecule has 4 nitrogen and oxygen atoms in total. The predicted molar refractivity (Wildman–Crippen MR) is 45.5 cm³/mol. The lowest BCUT2D eigenvalue weighted by Crippen LogP contribution is -2.03. The summed E-state index contributed by atoms with van der Waals surface area (Å²) >= 11 is 1.33. The molecule has 1 rings (SSSR count). The third-order valence-corrected chi connectivity index (χ3v) is 1.78. The summed E-state index contributed by atoms with van der Waals surface area (Å²) < 4.78 is 0. The molecule has 12 heavy (non-hydrogen) atoms. The van der Waals surface area contributed by atoms with Crippen molar-refractivity contribution in [3.63, 3.8) is 0 Å². The Morgan fingerprint density at radius 2 is 2.25 bits per heavy atom. The maximum atomic E-state index is 10.5. The Kier molecular flexibility index (Phi) is 2.65. The van der Waals surface area contributed by atoms with Crippen LogP contribution < -0.4 is 0 Å². The van der Waals surface area contributed by atoms with Crippen molar-refractivity contribution in [3.8, 4) is 0 Å². The number of aromatic carboxylic acids is 1. The maximum Gasteiger partial charge on any atom is 0.354 e. The van der Waals surface area contributed by atoms with E-state index in [9.17, 15) is 4.79 Å². The van der Waals surface area contributed by atoms with Gasteiger partial charge in [0.25, 0.3) is 0 Å². The number of aromatic nitrogens is 2. The van der Waals surface area contributed by atoms with Crippen molar-refractivity contribution in [2.45, 2.75) is 12.1 Å². The van der Waals surface area contributed by atoms with E-state index in [2.05, 4.69) is 9.97 Å². The van der Waals surface area contributed by atoms with Crippen molar-refractivity contribution in [2.24, 2.45) is 0 Å². The summed E-state index contributed by atoms with van der Waals surface area (Å²) in [5.74, 6) is -1.02. The van der Waals surface area contributed by atoms with Crippen LogP contribution in [0.4, 0.5) is 0 Å². The zero-order chi connectivity index (χ0) is 9.14. The molecule has 0 bridgehead atoms. The Labute approximate surface area is 74.0 Å². The van der Waals surface area contributed by atoms with E-state index in [1.807, 2.05) is 0 Å². The van der Waals surface area contributed by atoms with Gasteiger partial charge in [0.05, 0.1) is 0 Å². The molecule has 0 aromatic carbocycles. The molecule has 0 unspecified atom stereocenters. The number of rotatable bonds is 2. The number of carbonyl (C=O) groups is 1. The van der Waals surface area contributed by atoms with Crippen LogP contribution in [0.2, 0.25) is 0 Å². The molecule has 0 spiro atoms. The van der Waals surface area contributed by atoms with Gasteiger partial charge >= 0.3 is 5.97 Å². The lowest BCUT2D eigenvalue weighted by Gasteiger charge is -1.98. The smallest absolute Gasteiger partial charge is 0.354 e. The highest BCUT2D eigenvalue weighted by Gasteiger charge is 2.07. The Morgan fingerprint density at radius 1 is 1.58 bits per heavy atom. The molecular formula is C7H8N2O2S. The van der Waals surface area contributed by atoms with Crippen molar-refractivity contribution >= 4 is 17.7 Å². The zero-order valence-electron chi connectivity index (χ0n) is 6.74. The first-order valence-corrected chi connectivity index (χ1v) is 4.49. The first kappa shape index (κ1) is 8.99. The Bertz CT molecular complexity index is 314. The Morgan fingerprint density at radius 3 is 2.75 bits per heavy atom. The van der Waals surface area contributed by atoms with Gasteiger partial charge < -0.3 is 5.11 Å². The van der Waals surface area contributed by atoms with E-state index in [1.54, 1.807) is 13.2 Å². The molecule has 1 aromatic rings. The maximum absolute atomic E-state index is 10.5. The summed E-state index contributed by atoms with van der Waals surface area (Å²) in [7, 11) is 0. The molecule has 0 saturated heterocycles. The van der Waals surface area contributed by atoms with Gasteiger partial charge in [-0.1, -0.05) is 11.8 Å². The number of carboxylic acid groups (broad SMARTS) is 1. The van der Waals surface area contributed by atoms with Crippen LogP contribution in [0.25, 0.3) is 0 Å². The van der Waals surface area contributed by atoms with E-state index in [4.69, 9.17) is 5.11 Å². The molecule has 1 N–H and O–H groups in total. The molecule has 0 fully saturated rings. The van der Waals surface area contributed by atoms with Crippen LogP contribution in [-0.2, 0) is 0 Å². The summed E-state index contributed by atoms with van der Waals surface area (Å²) in [5.41, 5.74) is 0.721. The molecule has 0 aliphatic heterocycles. The fourth-order valence-electron chi connectivity index (χ4n) is 0.742. The molecular weight excluding hydrogens is 176 g/mol. The van der Waals surface area contributed by atoms with Crippen LogP contribution in [0.5, 0.6) is 0 Å². The minimum Gasteiger partial charge on any atom is -0.477 e. The van der Waals surface area contributed by atoms with Crippen LogP contribution >= 0.6 is 11.8 Å². The molecule has 1 aromatic heterocycles. The van der Waals surface area contributed by atoms with Gasteiger partial charge in [0.15, 0.2) is 10.9 Å². The van der Waals surface area contributed by atoms with Gasteiger partial charge in [0, 0.05) is 5.69 Å². The third kappa shape index (κ3) is 1.94. The van der Waals surface area contributed by atoms with Gasteiger partial charge in [-0.25, -0.2) is 14.8 Å². The number of aryl methyl sites for hydroxylation is 1. The van der Waals surface area contributed by atoms with Crippen LogP contribution in [-0.4, -0.2) is 27.3 Å². The highest BCUT2D eigenvalue weighted by atomic mass is 32.2. The van der Waals surface area contributed by atoms with E-state index in [0.717, 1.165) is 0 Å². The summed E-state index contributed by atoms with van der Waals surface area (Å²) in [6, 6.07) is 1.45. The molecule has 1 heterocycles. The third-order valence-electron chi connectivity index (χ3n) is 1.24. The number of hydrogen-bond donors (Lipinski definition) is 1. The second-order valence-corrected chi connectivity index (χ2v) is 2.96. The fraction of sp³-hybridized carbons (Fsp3) is 0.286. The molecule has 5 heteroatoms. The summed E-state index contributed by atoms with van der Waals surface area (Å²) in [6.07, 6.45) is 1.81. The van der Waals surface area contributed by atoms with Crippen molar-refractivity contribution in [1.82, 2.24) is 9.97 Å². The van der Waals surface area contributed by atoms with Crippen LogP contribution in [0, 0.1) is 6.92 Å². The summed E-state index contributed by atoms with van der Waals surface area (Å²) in [4.78, 5) is 18.3. The van der Waals surface area contributed by atoms with E-state index in [1.165, 1.54) is 17.8 Å². The van der Waals surface area contributed by atoms with Crippen molar-refractivity contribution in [1.29, 1.82) is 0 Å².